The smallest absolute Gasteiger partial charge is 0.420 e. The minimum absolute atomic E-state index is 0.107. The predicted molar refractivity (Wildman–Crippen MR) is 129 cm³/mol. The van der Waals surface area contributed by atoms with Gasteiger partial charge >= 0.3 is 5.57 Å². The number of amides is 2. The molecule has 2 aliphatic rings. The number of rotatable bonds is 6. The molecule has 36 heavy (non-hydrogen) atoms. The van der Waals surface area contributed by atoms with Crippen LogP contribution in [-0.4, -0.2) is 70.1 Å². The summed E-state index contributed by atoms with van der Waals surface area (Å²) < 4.78 is 29.9. The zero-order valence-corrected chi connectivity index (χ0v) is 19.9. The molecule has 1 aromatic carbocycles. The fourth-order valence-corrected chi connectivity index (χ4v) is 4.41. The highest BCUT2D eigenvalue weighted by Gasteiger charge is 2.32. The van der Waals surface area contributed by atoms with Gasteiger partial charge in [0.2, 0.25) is 0 Å². The van der Waals surface area contributed by atoms with Crippen LogP contribution < -0.4 is 15.0 Å². The van der Waals surface area contributed by atoms with Crippen LogP contribution in [0, 0.1) is 0 Å². The minimum atomic E-state index is -3.83. The van der Waals surface area contributed by atoms with Gasteiger partial charge in [0.15, 0.2) is 0 Å². The molecule has 1 fully saturated rings. The van der Waals surface area contributed by atoms with Gasteiger partial charge in [-0.2, -0.15) is 0 Å². The summed E-state index contributed by atoms with van der Waals surface area (Å²) in [6.45, 7) is 1.39. The lowest BCUT2D eigenvalue weighted by Crippen LogP contribution is -2.51. The number of hydrogen-bond acceptors (Lipinski definition) is 6. The van der Waals surface area contributed by atoms with Crippen LogP contribution in [0.2, 0.25) is 0 Å². The Labute approximate surface area is 209 Å². The highest BCUT2D eigenvalue weighted by atomic mass is 35.5. The van der Waals surface area contributed by atoms with Gasteiger partial charge in [0.1, 0.15) is 17.3 Å². The van der Waals surface area contributed by atoms with Crippen molar-refractivity contribution in [3.8, 4) is 16.9 Å². The summed E-state index contributed by atoms with van der Waals surface area (Å²) >= 11 is 4.77. The number of aliphatic hydroxyl groups is 1. The van der Waals surface area contributed by atoms with E-state index in [1.54, 1.807) is 24.2 Å². The third kappa shape index (κ3) is 4.71. The Balaban J connectivity index is 1.44. The lowest BCUT2D eigenvalue weighted by molar-refractivity contribution is -0.0964. The van der Waals surface area contributed by atoms with Crippen LogP contribution in [0.4, 0.5) is 20.3 Å². The van der Waals surface area contributed by atoms with E-state index in [0.717, 1.165) is 11.1 Å². The Morgan fingerprint density at radius 3 is 2.67 bits per heavy atom. The molecule has 5 rings (SSSR count). The molecule has 188 valence electrons. The number of β-amino-alcohol motifs (C(OH)–C–C–N with tert-alkyl or cyclic N) is 1. The van der Waals surface area contributed by atoms with Gasteiger partial charge in [-0.15, -0.1) is 8.78 Å². The van der Waals surface area contributed by atoms with E-state index in [-0.39, 0.29) is 17.2 Å². The zero-order chi connectivity index (χ0) is 25.6. The van der Waals surface area contributed by atoms with E-state index in [4.69, 9.17) is 11.6 Å². The van der Waals surface area contributed by atoms with Gasteiger partial charge in [-0.1, -0.05) is 0 Å². The standard InChI is InChI=1S/C24H22ClF2N5O4/c1-31-7-6-17-19(10-28-20(17)23(31)35)18-8-13(9-29-21(18)32-11-15(33)12-32)22(34)30-14-2-4-16(5-3-14)36-24(25,26)27/h2-5,8-10,15,28,33H,6-7,11-12H2,1H3,(H,30,34). The van der Waals surface area contributed by atoms with Crippen LogP contribution in [0.5, 0.6) is 5.75 Å². The van der Waals surface area contributed by atoms with Crippen molar-refractivity contribution in [1.82, 2.24) is 14.9 Å². The van der Waals surface area contributed by atoms with E-state index < -0.39 is 17.6 Å². The van der Waals surface area contributed by atoms with Crippen LogP contribution in [0.25, 0.3) is 11.1 Å². The number of ether oxygens (including phenoxy) is 1. The highest BCUT2D eigenvalue weighted by Crippen LogP contribution is 2.37. The number of nitrogens with zero attached hydrogens (tertiary/aromatic N) is 3. The van der Waals surface area contributed by atoms with Crippen LogP contribution in [0.15, 0.2) is 42.7 Å². The molecular weight excluding hydrogens is 496 g/mol. The van der Waals surface area contributed by atoms with E-state index in [1.807, 2.05) is 4.90 Å². The molecule has 3 N–H and O–H groups in total. The molecule has 0 radical (unpaired) electrons. The van der Waals surface area contributed by atoms with Crippen molar-refractivity contribution in [3.05, 3.63) is 59.5 Å². The SMILES string of the molecule is CN1CCc2c(-c3cc(C(=O)Nc4ccc(OC(F)(F)Cl)cc4)cnc3N3CC(O)C3)c[nH]c2C1=O. The van der Waals surface area contributed by atoms with Crippen molar-refractivity contribution in [2.75, 3.05) is 36.9 Å². The number of aromatic amines is 1. The summed E-state index contributed by atoms with van der Waals surface area (Å²) in [5, 5.41) is 12.5. The second-order valence-electron chi connectivity index (χ2n) is 8.71. The fraction of sp³-hybridized carbons (Fsp3) is 0.292. The van der Waals surface area contributed by atoms with E-state index in [9.17, 15) is 23.5 Å². The Kier molecular flexibility index (Phi) is 6.05. The Morgan fingerprint density at radius 1 is 1.28 bits per heavy atom. The first-order valence-corrected chi connectivity index (χ1v) is 11.5. The normalized spacial score (nSPS) is 16.0. The Morgan fingerprint density at radius 2 is 2.00 bits per heavy atom. The molecule has 0 bridgehead atoms. The molecule has 0 saturated carbocycles. The topological polar surface area (TPSA) is 111 Å². The van der Waals surface area contributed by atoms with Gasteiger partial charge in [0.05, 0.1) is 11.7 Å². The molecule has 1 saturated heterocycles. The quantitative estimate of drug-likeness (QED) is 0.433. The number of benzene rings is 1. The monoisotopic (exact) mass is 517 g/mol. The number of hydrogen-bond donors (Lipinski definition) is 3. The van der Waals surface area contributed by atoms with Crippen LogP contribution in [0.1, 0.15) is 26.4 Å². The molecule has 2 aliphatic heterocycles. The number of likely N-dealkylation sites (N-methyl/N-ethyl adjacent to an activating group) is 1. The molecule has 2 aromatic heterocycles. The maximum atomic E-state index is 13.0. The summed E-state index contributed by atoms with van der Waals surface area (Å²) in [6, 6.07) is 7.03. The summed E-state index contributed by atoms with van der Waals surface area (Å²) in [7, 11) is 1.74. The van der Waals surface area contributed by atoms with E-state index >= 15 is 0 Å². The predicted octanol–water partition coefficient (Wildman–Crippen LogP) is 3.31. The lowest BCUT2D eigenvalue weighted by Gasteiger charge is -2.38. The maximum Gasteiger partial charge on any atom is 0.487 e. The highest BCUT2D eigenvalue weighted by molar-refractivity contribution is 6.20. The van der Waals surface area contributed by atoms with Crippen molar-refractivity contribution in [2.45, 2.75) is 18.1 Å². The van der Waals surface area contributed by atoms with Gasteiger partial charge < -0.3 is 29.9 Å². The van der Waals surface area contributed by atoms with E-state index in [0.29, 0.717) is 48.8 Å². The number of H-pyrrole nitrogens is 1. The number of alkyl halides is 3. The summed E-state index contributed by atoms with van der Waals surface area (Å²) in [5.74, 6) is -0.121. The van der Waals surface area contributed by atoms with Gasteiger partial charge in [-0.3, -0.25) is 9.59 Å². The Bertz CT molecular complexity index is 1320. The molecule has 0 atom stereocenters. The molecule has 0 aliphatic carbocycles. The number of fused-ring (bicyclic) bond motifs is 1. The third-order valence-corrected chi connectivity index (χ3v) is 6.25. The summed E-state index contributed by atoms with van der Waals surface area (Å²) in [5.41, 5.74) is -0.421. The number of carbonyl (C=O) groups excluding carboxylic acids is 2. The number of anilines is 2. The van der Waals surface area contributed by atoms with Crippen LogP contribution >= 0.6 is 11.6 Å². The largest absolute Gasteiger partial charge is 0.487 e. The van der Waals surface area contributed by atoms with Crippen molar-refractivity contribution < 1.29 is 28.2 Å². The van der Waals surface area contributed by atoms with Gasteiger partial charge in [-0.25, -0.2) is 4.98 Å². The fourth-order valence-electron chi connectivity index (χ4n) is 4.32. The second kappa shape index (κ2) is 9.07. The van der Waals surface area contributed by atoms with Crippen molar-refractivity contribution in [1.29, 1.82) is 0 Å². The van der Waals surface area contributed by atoms with Gasteiger partial charge in [0.25, 0.3) is 11.8 Å². The van der Waals surface area contributed by atoms with E-state index in [2.05, 4.69) is 20.0 Å². The zero-order valence-electron chi connectivity index (χ0n) is 19.1. The molecule has 3 aromatic rings. The summed E-state index contributed by atoms with van der Waals surface area (Å²) in [4.78, 5) is 36.7. The first kappa shape index (κ1) is 24.0. The number of nitrogens with one attached hydrogen (secondary N) is 2. The summed E-state index contributed by atoms with van der Waals surface area (Å²) in [6.07, 6.45) is 3.36. The van der Waals surface area contributed by atoms with Gasteiger partial charge in [0, 0.05) is 67.5 Å². The third-order valence-electron chi connectivity index (χ3n) is 6.17. The molecule has 12 heteroatoms. The average Bonchev–Trinajstić information content (AvgIpc) is 3.24. The van der Waals surface area contributed by atoms with E-state index in [1.165, 1.54) is 30.5 Å². The molecule has 9 nitrogen and oxygen atoms in total. The molecule has 4 heterocycles. The number of halogens is 3. The van der Waals surface area contributed by atoms with Crippen LogP contribution in [-0.2, 0) is 6.42 Å². The maximum absolute atomic E-state index is 13.0. The van der Waals surface area contributed by atoms with Crippen LogP contribution in [0.3, 0.4) is 0 Å². The lowest BCUT2D eigenvalue weighted by atomic mass is 9.96. The molecule has 2 amide bonds. The number of aromatic nitrogens is 2. The number of aliphatic hydroxyl groups excluding tert-OH is 1. The second-order valence-corrected chi connectivity index (χ2v) is 9.15. The van der Waals surface area contributed by atoms with Crippen molar-refractivity contribution >= 4 is 34.9 Å². The Hall–Kier alpha value is -3.70. The average molecular weight is 518 g/mol. The first-order chi connectivity index (χ1) is 17.1. The molecule has 0 unspecified atom stereocenters. The first-order valence-electron chi connectivity index (χ1n) is 11.2. The molecular formula is C24H22ClF2N5O4. The van der Waals surface area contributed by atoms with Gasteiger partial charge in [-0.05, 0) is 42.3 Å². The minimum Gasteiger partial charge on any atom is -0.420 e. The van der Waals surface area contributed by atoms with Crippen molar-refractivity contribution in [2.24, 2.45) is 0 Å². The van der Waals surface area contributed by atoms with Crippen molar-refractivity contribution in [3.63, 3.8) is 0 Å². The number of pyridine rings is 1. The molecule has 0 spiro atoms. The number of carbonyl (C=O) groups is 2.